The Morgan fingerprint density at radius 3 is 2.60 bits per heavy atom. The summed E-state index contributed by atoms with van der Waals surface area (Å²) in [5.41, 5.74) is 3.31. The highest BCUT2D eigenvalue weighted by Crippen LogP contribution is 2.29. The second kappa shape index (κ2) is 5.58. The van der Waals surface area contributed by atoms with E-state index in [0.717, 1.165) is 27.9 Å². The van der Waals surface area contributed by atoms with E-state index in [2.05, 4.69) is 38.7 Å². The van der Waals surface area contributed by atoms with E-state index in [1.807, 2.05) is 37.3 Å². The molecule has 0 bridgehead atoms. The molecule has 2 nitrogen and oxygen atoms in total. The minimum atomic E-state index is -0.127. The first-order valence-electron chi connectivity index (χ1n) is 6.49. The molecule has 0 N–H and O–H groups in total. The molecule has 0 aliphatic heterocycles. The Morgan fingerprint density at radius 1 is 1.15 bits per heavy atom. The number of hydrogen-bond donors (Lipinski definition) is 0. The summed E-state index contributed by atoms with van der Waals surface area (Å²) < 4.78 is 3.19. The Bertz CT molecular complexity index is 735. The summed E-state index contributed by atoms with van der Waals surface area (Å²) in [5, 5.41) is -0.127. The van der Waals surface area contributed by atoms with Crippen molar-refractivity contribution in [3.05, 3.63) is 64.4 Å². The molecule has 0 saturated heterocycles. The lowest BCUT2D eigenvalue weighted by molar-refractivity contribution is 0.742. The number of hydrogen-bond acceptors (Lipinski definition) is 1. The summed E-state index contributed by atoms with van der Waals surface area (Å²) in [6.45, 7) is 2.73. The summed E-state index contributed by atoms with van der Waals surface area (Å²) in [5.74, 6) is 0.900. The van der Waals surface area contributed by atoms with E-state index >= 15 is 0 Å². The van der Waals surface area contributed by atoms with Crippen LogP contribution in [-0.4, -0.2) is 9.55 Å². The summed E-state index contributed by atoms with van der Waals surface area (Å²) in [7, 11) is 0. The molecular formula is C16H14BrClN2. The number of nitrogens with zero attached hydrogens (tertiary/aromatic N) is 2. The molecule has 2 aromatic carbocycles. The normalized spacial score (nSPS) is 12.8. The summed E-state index contributed by atoms with van der Waals surface area (Å²) in [6.07, 6.45) is 0. The largest absolute Gasteiger partial charge is 0.322 e. The van der Waals surface area contributed by atoms with Crippen LogP contribution >= 0.6 is 27.5 Å². The van der Waals surface area contributed by atoms with Crippen molar-refractivity contribution >= 4 is 38.6 Å². The number of aromatic nitrogens is 2. The van der Waals surface area contributed by atoms with E-state index in [1.54, 1.807) is 0 Å². The lowest BCUT2D eigenvalue weighted by Gasteiger charge is -2.10. The molecule has 0 aliphatic rings. The predicted molar refractivity (Wildman–Crippen MR) is 87.2 cm³/mol. The highest BCUT2D eigenvalue weighted by atomic mass is 79.9. The molecule has 1 atom stereocenters. The molecule has 3 aromatic rings. The summed E-state index contributed by atoms with van der Waals surface area (Å²) in [4.78, 5) is 4.69. The number of para-hydroxylation sites is 1. The highest BCUT2D eigenvalue weighted by molar-refractivity contribution is 9.10. The Kier molecular flexibility index (Phi) is 3.81. The maximum Gasteiger partial charge on any atom is 0.128 e. The van der Waals surface area contributed by atoms with E-state index in [-0.39, 0.29) is 5.38 Å². The average molecular weight is 350 g/mol. The van der Waals surface area contributed by atoms with Crippen molar-refractivity contribution in [3.63, 3.8) is 0 Å². The van der Waals surface area contributed by atoms with Gasteiger partial charge in [-0.1, -0.05) is 36.4 Å². The van der Waals surface area contributed by atoms with Gasteiger partial charge in [-0.25, -0.2) is 4.98 Å². The molecule has 0 fully saturated rings. The van der Waals surface area contributed by atoms with Gasteiger partial charge >= 0.3 is 0 Å². The van der Waals surface area contributed by atoms with Crippen molar-refractivity contribution in [1.29, 1.82) is 0 Å². The number of imidazole rings is 1. The van der Waals surface area contributed by atoms with E-state index < -0.39 is 0 Å². The number of alkyl halides is 1. The van der Waals surface area contributed by atoms with Crippen LogP contribution in [0.2, 0.25) is 0 Å². The van der Waals surface area contributed by atoms with Crippen molar-refractivity contribution in [2.75, 3.05) is 0 Å². The zero-order valence-corrected chi connectivity index (χ0v) is 13.4. The van der Waals surface area contributed by atoms with Gasteiger partial charge in [-0.15, -0.1) is 11.6 Å². The van der Waals surface area contributed by atoms with Crippen LogP contribution < -0.4 is 0 Å². The zero-order chi connectivity index (χ0) is 14.1. The van der Waals surface area contributed by atoms with Gasteiger partial charge in [-0.05, 0) is 40.5 Å². The standard InChI is InChI=1S/C16H14BrClN2/c1-11(18)16-19-15-13(17)8-5-9-14(15)20(16)10-12-6-3-2-4-7-12/h2-9,11H,10H2,1H3. The number of fused-ring (bicyclic) bond motifs is 1. The Morgan fingerprint density at radius 2 is 1.90 bits per heavy atom. The average Bonchev–Trinajstić information content (AvgIpc) is 2.81. The lowest BCUT2D eigenvalue weighted by atomic mass is 10.2. The molecular weight excluding hydrogens is 336 g/mol. The van der Waals surface area contributed by atoms with Gasteiger partial charge in [0, 0.05) is 11.0 Å². The summed E-state index contributed by atoms with van der Waals surface area (Å²) >= 11 is 9.86. The van der Waals surface area contributed by atoms with Crippen LogP contribution in [0.5, 0.6) is 0 Å². The molecule has 0 saturated carbocycles. The SMILES string of the molecule is CC(Cl)c1nc2c(Br)cccc2n1Cc1ccccc1. The topological polar surface area (TPSA) is 17.8 Å². The molecule has 3 rings (SSSR count). The fourth-order valence-corrected chi connectivity index (χ4v) is 2.98. The molecule has 102 valence electrons. The van der Waals surface area contributed by atoms with Crippen LogP contribution in [0.15, 0.2) is 53.0 Å². The minimum Gasteiger partial charge on any atom is -0.322 e. The van der Waals surface area contributed by atoms with Crippen molar-refractivity contribution in [2.45, 2.75) is 18.8 Å². The molecule has 4 heteroatoms. The molecule has 0 spiro atoms. The third-order valence-corrected chi connectivity index (χ3v) is 4.13. The van der Waals surface area contributed by atoms with Crippen molar-refractivity contribution in [1.82, 2.24) is 9.55 Å². The van der Waals surface area contributed by atoms with E-state index in [4.69, 9.17) is 16.6 Å². The molecule has 0 amide bonds. The number of rotatable bonds is 3. The van der Waals surface area contributed by atoms with Crippen LogP contribution in [0.3, 0.4) is 0 Å². The van der Waals surface area contributed by atoms with Crippen LogP contribution in [0.4, 0.5) is 0 Å². The van der Waals surface area contributed by atoms with E-state index in [9.17, 15) is 0 Å². The van der Waals surface area contributed by atoms with Gasteiger partial charge in [0.05, 0.1) is 10.9 Å². The molecule has 1 heterocycles. The van der Waals surface area contributed by atoms with Crippen LogP contribution in [0.25, 0.3) is 11.0 Å². The van der Waals surface area contributed by atoms with Gasteiger partial charge in [0.1, 0.15) is 11.3 Å². The quantitative estimate of drug-likeness (QED) is 0.598. The molecule has 1 aromatic heterocycles. The lowest BCUT2D eigenvalue weighted by Crippen LogP contribution is -2.05. The smallest absolute Gasteiger partial charge is 0.128 e. The van der Waals surface area contributed by atoms with Gasteiger partial charge in [-0.3, -0.25) is 0 Å². The molecule has 0 radical (unpaired) electrons. The predicted octanol–water partition coefficient (Wildman–Crippen LogP) is 5.15. The Hall–Kier alpha value is -1.32. The molecule has 0 aliphatic carbocycles. The third-order valence-electron chi connectivity index (χ3n) is 3.30. The van der Waals surface area contributed by atoms with E-state index in [0.29, 0.717) is 0 Å². The summed E-state index contributed by atoms with van der Waals surface area (Å²) in [6, 6.07) is 16.5. The fourth-order valence-electron chi connectivity index (χ4n) is 2.37. The Balaban J connectivity index is 2.17. The first kappa shape index (κ1) is 13.7. The third kappa shape index (κ3) is 2.48. The first-order valence-corrected chi connectivity index (χ1v) is 7.72. The highest BCUT2D eigenvalue weighted by Gasteiger charge is 2.16. The van der Waals surface area contributed by atoms with Crippen molar-refractivity contribution < 1.29 is 0 Å². The van der Waals surface area contributed by atoms with Crippen molar-refractivity contribution in [3.8, 4) is 0 Å². The minimum absolute atomic E-state index is 0.127. The monoisotopic (exact) mass is 348 g/mol. The van der Waals surface area contributed by atoms with E-state index in [1.165, 1.54) is 5.56 Å². The zero-order valence-electron chi connectivity index (χ0n) is 11.1. The fraction of sp³-hybridized carbons (Fsp3) is 0.188. The van der Waals surface area contributed by atoms with Crippen molar-refractivity contribution in [2.24, 2.45) is 0 Å². The van der Waals surface area contributed by atoms with Gasteiger partial charge in [0.2, 0.25) is 0 Å². The number of halogens is 2. The van der Waals surface area contributed by atoms with Crippen LogP contribution in [-0.2, 0) is 6.54 Å². The maximum absolute atomic E-state index is 6.30. The second-order valence-corrected chi connectivity index (χ2v) is 6.27. The first-order chi connectivity index (χ1) is 9.66. The molecule has 20 heavy (non-hydrogen) atoms. The van der Waals surface area contributed by atoms with Gasteiger partial charge < -0.3 is 4.57 Å². The molecule has 1 unspecified atom stereocenters. The van der Waals surface area contributed by atoms with Crippen LogP contribution in [0.1, 0.15) is 23.7 Å². The van der Waals surface area contributed by atoms with Gasteiger partial charge in [0.15, 0.2) is 0 Å². The van der Waals surface area contributed by atoms with Crippen LogP contribution in [0, 0.1) is 0 Å². The second-order valence-electron chi connectivity index (χ2n) is 4.77. The Labute approximate surface area is 131 Å². The van der Waals surface area contributed by atoms with Gasteiger partial charge in [0.25, 0.3) is 0 Å². The maximum atomic E-state index is 6.30. The number of benzene rings is 2. The van der Waals surface area contributed by atoms with Gasteiger partial charge in [-0.2, -0.15) is 0 Å².